The summed E-state index contributed by atoms with van der Waals surface area (Å²) in [5.74, 6) is 0.0896. The van der Waals surface area contributed by atoms with E-state index in [1.54, 1.807) is 25.2 Å². The monoisotopic (exact) mass is 535 g/mol. The van der Waals surface area contributed by atoms with Gasteiger partial charge in [0, 0.05) is 31.4 Å². The molecule has 2 atom stereocenters. The molecule has 0 aliphatic carbocycles. The second-order valence-corrected chi connectivity index (χ2v) is 9.73. The van der Waals surface area contributed by atoms with Crippen molar-refractivity contribution >= 4 is 29.7 Å². The summed E-state index contributed by atoms with van der Waals surface area (Å²) in [5, 5.41) is 2.55. The molecule has 8 nitrogen and oxygen atoms in total. The second-order valence-electron chi connectivity index (χ2n) is 9.73. The van der Waals surface area contributed by atoms with Crippen LogP contribution in [-0.4, -0.2) is 49.0 Å². The van der Waals surface area contributed by atoms with Crippen LogP contribution in [0.1, 0.15) is 115 Å². The average Bonchev–Trinajstić information content (AvgIpc) is 2.86. The number of esters is 1. The topological polar surface area (TPSA) is 116 Å². The SMILES string of the molecule is CC.CC(=O)c1cccc(OCCCC(=O)OC(C)(C)C)c1C(C)=O.CCC(C)C(C=O)CCC(=O)NC. The number of aldehydes is 1. The fraction of sp³-hybridized carbons (Fsp3) is 0.633. The maximum Gasteiger partial charge on any atom is 0.306 e. The summed E-state index contributed by atoms with van der Waals surface area (Å²) < 4.78 is 10.8. The fourth-order valence-electron chi connectivity index (χ4n) is 3.31. The first-order chi connectivity index (χ1) is 17.8. The standard InChI is InChI=1S/C18H24O5.C10H19NO2.C2H6/c1-12(19)14-8-6-9-15(17(14)13(2)20)22-11-7-10-16(21)23-18(3,4)5;1-4-8(2)9(7-12)5-6-10(13)11-3;1-2/h6,8-9H,7,10-11H2,1-5H3;7-9H,4-6H2,1-3H3,(H,11,13);1-2H3. The minimum absolute atomic E-state index is 0.00940. The molecule has 0 bridgehead atoms. The van der Waals surface area contributed by atoms with Crippen LogP contribution in [0.2, 0.25) is 0 Å². The van der Waals surface area contributed by atoms with Crippen LogP contribution < -0.4 is 10.1 Å². The molecule has 38 heavy (non-hydrogen) atoms. The van der Waals surface area contributed by atoms with Gasteiger partial charge in [0.2, 0.25) is 5.91 Å². The Morgan fingerprint density at radius 2 is 1.63 bits per heavy atom. The lowest BCUT2D eigenvalue weighted by Crippen LogP contribution is -2.24. The molecule has 1 aromatic carbocycles. The molecule has 1 rings (SSSR count). The predicted octanol–water partition coefficient (Wildman–Crippen LogP) is 5.99. The van der Waals surface area contributed by atoms with Crippen LogP contribution in [0.5, 0.6) is 5.75 Å². The fourth-order valence-corrected chi connectivity index (χ4v) is 3.31. The minimum atomic E-state index is -0.504. The molecule has 2 unspecified atom stereocenters. The van der Waals surface area contributed by atoms with Crippen molar-refractivity contribution in [1.29, 1.82) is 0 Å². The van der Waals surface area contributed by atoms with Gasteiger partial charge in [-0.1, -0.05) is 46.2 Å². The van der Waals surface area contributed by atoms with Gasteiger partial charge in [0.1, 0.15) is 17.6 Å². The molecule has 0 aliphatic rings. The van der Waals surface area contributed by atoms with Gasteiger partial charge in [-0.15, -0.1) is 0 Å². The van der Waals surface area contributed by atoms with Crippen LogP contribution in [0.4, 0.5) is 0 Å². The normalized spacial score (nSPS) is 11.8. The van der Waals surface area contributed by atoms with Crippen molar-refractivity contribution in [3.63, 3.8) is 0 Å². The van der Waals surface area contributed by atoms with Gasteiger partial charge in [0.25, 0.3) is 0 Å². The number of amides is 1. The molecule has 0 spiro atoms. The van der Waals surface area contributed by atoms with Crippen LogP contribution in [0.15, 0.2) is 18.2 Å². The number of benzene rings is 1. The minimum Gasteiger partial charge on any atom is -0.493 e. The summed E-state index contributed by atoms with van der Waals surface area (Å²) in [6, 6.07) is 4.93. The summed E-state index contributed by atoms with van der Waals surface area (Å²) in [4.78, 5) is 56.6. The molecule has 0 fully saturated rings. The first-order valence-corrected chi connectivity index (χ1v) is 13.4. The first-order valence-electron chi connectivity index (χ1n) is 13.4. The van der Waals surface area contributed by atoms with Crippen molar-refractivity contribution in [1.82, 2.24) is 5.32 Å². The van der Waals surface area contributed by atoms with Gasteiger partial charge in [-0.3, -0.25) is 19.2 Å². The maximum absolute atomic E-state index is 11.8. The zero-order valence-electron chi connectivity index (χ0n) is 25.1. The van der Waals surface area contributed by atoms with Gasteiger partial charge in [0.15, 0.2) is 11.6 Å². The van der Waals surface area contributed by atoms with E-state index in [4.69, 9.17) is 9.47 Å². The highest BCUT2D eigenvalue weighted by atomic mass is 16.6. The van der Waals surface area contributed by atoms with Crippen LogP contribution in [0, 0.1) is 11.8 Å². The summed E-state index contributed by atoms with van der Waals surface area (Å²) in [5.41, 5.74) is 0.134. The highest BCUT2D eigenvalue weighted by Gasteiger charge is 2.18. The van der Waals surface area contributed by atoms with Crippen molar-refractivity contribution in [2.24, 2.45) is 11.8 Å². The Hall–Kier alpha value is -3.03. The molecule has 216 valence electrons. The number of Topliss-reactive ketones (excluding diaryl/α,β-unsaturated/α-hetero) is 2. The zero-order valence-corrected chi connectivity index (χ0v) is 25.1. The Kier molecular flexibility index (Phi) is 19.5. The molecular weight excluding hydrogens is 486 g/mol. The quantitative estimate of drug-likeness (QED) is 0.143. The van der Waals surface area contributed by atoms with E-state index in [1.807, 2.05) is 41.5 Å². The van der Waals surface area contributed by atoms with Gasteiger partial charge < -0.3 is 19.6 Å². The summed E-state index contributed by atoms with van der Waals surface area (Å²) >= 11 is 0. The van der Waals surface area contributed by atoms with Gasteiger partial charge in [-0.05, 0) is 59.4 Å². The number of hydrogen-bond donors (Lipinski definition) is 1. The largest absolute Gasteiger partial charge is 0.493 e. The number of hydrogen-bond acceptors (Lipinski definition) is 7. The van der Waals surface area contributed by atoms with E-state index in [0.717, 1.165) is 12.7 Å². The van der Waals surface area contributed by atoms with Gasteiger partial charge in [-0.25, -0.2) is 0 Å². The Labute approximate surface area is 229 Å². The number of ether oxygens (including phenoxy) is 2. The average molecular weight is 536 g/mol. The number of ketones is 2. The predicted molar refractivity (Wildman–Crippen MR) is 151 cm³/mol. The number of carbonyl (C=O) groups excluding carboxylic acids is 5. The molecule has 0 heterocycles. The molecule has 1 N–H and O–H groups in total. The van der Waals surface area contributed by atoms with Crippen LogP contribution >= 0.6 is 0 Å². The maximum atomic E-state index is 11.8. The molecular formula is C30H49NO7. The molecule has 0 radical (unpaired) electrons. The number of carbonyl (C=O) groups is 5. The molecule has 0 saturated carbocycles. The third-order valence-corrected chi connectivity index (χ3v) is 5.49. The smallest absolute Gasteiger partial charge is 0.306 e. The molecule has 1 aromatic rings. The van der Waals surface area contributed by atoms with Crippen LogP contribution in [0.3, 0.4) is 0 Å². The molecule has 0 aromatic heterocycles. The number of rotatable bonds is 13. The van der Waals surface area contributed by atoms with Crippen LogP contribution in [0.25, 0.3) is 0 Å². The lowest BCUT2D eigenvalue weighted by molar-refractivity contribution is -0.155. The summed E-state index contributed by atoms with van der Waals surface area (Å²) in [6.07, 6.45) is 3.77. The van der Waals surface area contributed by atoms with E-state index >= 15 is 0 Å². The molecule has 8 heteroatoms. The highest BCUT2D eigenvalue weighted by molar-refractivity contribution is 6.09. The zero-order chi connectivity index (χ0) is 29.9. The van der Waals surface area contributed by atoms with E-state index in [-0.39, 0.29) is 48.0 Å². The van der Waals surface area contributed by atoms with Crippen molar-refractivity contribution in [3.8, 4) is 5.75 Å². The van der Waals surface area contributed by atoms with E-state index < -0.39 is 5.60 Å². The van der Waals surface area contributed by atoms with E-state index in [9.17, 15) is 24.0 Å². The second kappa shape index (κ2) is 20.0. The third-order valence-electron chi connectivity index (χ3n) is 5.49. The molecule has 0 saturated heterocycles. The Balaban J connectivity index is 0. The Bertz CT molecular complexity index is 887. The Morgan fingerprint density at radius 3 is 2.08 bits per heavy atom. The molecule has 0 aliphatic heterocycles. The van der Waals surface area contributed by atoms with Gasteiger partial charge in [0.05, 0.1) is 12.2 Å². The lowest BCUT2D eigenvalue weighted by atomic mass is 9.89. The Morgan fingerprint density at radius 1 is 1.03 bits per heavy atom. The van der Waals surface area contributed by atoms with Crippen LogP contribution in [-0.2, 0) is 19.1 Å². The van der Waals surface area contributed by atoms with E-state index in [2.05, 4.69) is 12.2 Å². The first kappa shape index (κ1) is 37.1. The third kappa shape index (κ3) is 15.9. The van der Waals surface area contributed by atoms with Crippen molar-refractivity contribution in [3.05, 3.63) is 29.3 Å². The summed E-state index contributed by atoms with van der Waals surface area (Å²) in [6.45, 7) is 16.6. The lowest BCUT2D eigenvalue weighted by Gasteiger charge is -2.19. The molecule has 1 amide bonds. The van der Waals surface area contributed by atoms with E-state index in [0.29, 0.717) is 36.5 Å². The van der Waals surface area contributed by atoms with E-state index in [1.165, 1.54) is 13.8 Å². The summed E-state index contributed by atoms with van der Waals surface area (Å²) in [7, 11) is 1.61. The highest BCUT2D eigenvalue weighted by Crippen LogP contribution is 2.24. The van der Waals surface area contributed by atoms with Crippen molar-refractivity contribution in [2.45, 2.75) is 100 Å². The van der Waals surface area contributed by atoms with Gasteiger partial charge >= 0.3 is 5.97 Å². The van der Waals surface area contributed by atoms with Gasteiger partial charge in [-0.2, -0.15) is 0 Å². The van der Waals surface area contributed by atoms with Crippen molar-refractivity contribution in [2.75, 3.05) is 13.7 Å². The number of nitrogens with one attached hydrogen (secondary N) is 1. The van der Waals surface area contributed by atoms with Crippen molar-refractivity contribution < 1.29 is 33.4 Å².